The van der Waals surface area contributed by atoms with E-state index >= 15 is 0 Å². The normalized spacial score (nSPS) is 20.8. The van der Waals surface area contributed by atoms with Crippen molar-refractivity contribution in [3.8, 4) is 23.3 Å². The van der Waals surface area contributed by atoms with Crippen LogP contribution >= 0.6 is 46.4 Å². The molecule has 10 heterocycles. The van der Waals surface area contributed by atoms with Crippen molar-refractivity contribution in [2.45, 2.75) is 154 Å². The summed E-state index contributed by atoms with van der Waals surface area (Å²) in [7, 11) is 0. The summed E-state index contributed by atoms with van der Waals surface area (Å²) in [6.07, 6.45) is 30.3. The summed E-state index contributed by atoms with van der Waals surface area (Å²) in [5, 5.41) is 51.8. The molecule has 4 aliphatic carbocycles. The summed E-state index contributed by atoms with van der Waals surface area (Å²) < 4.78 is 17.4. The van der Waals surface area contributed by atoms with Crippen molar-refractivity contribution in [1.29, 1.82) is 0 Å². The van der Waals surface area contributed by atoms with Crippen LogP contribution in [0.4, 0.5) is 23.1 Å². The van der Waals surface area contributed by atoms with Gasteiger partial charge in [-0.3, -0.25) is 0 Å². The number of aromatic nitrogens is 12. The molecule has 0 spiro atoms. The van der Waals surface area contributed by atoms with Crippen molar-refractivity contribution in [1.82, 2.24) is 64.4 Å². The van der Waals surface area contributed by atoms with Crippen LogP contribution in [0.2, 0.25) is 20.2 Å². The van der Waals surface area contributed by atoms with Crippen LogP contribution in [0.3, 0.4) is 0 Å². The number of aryl methyl sites for hydroxylation is 4. The van der Waals surface area contributed by atoms with Gasteiger partial charge in [0.25, 0.3) is 0 Å². The Morgan fingerprint density at radius 1 is 0.457 bits per heavy atom. The molecule has 2 saturated carbocycles. The molecule has 2 unspecified atom stereocenters. The summed E-state index contributed by atoms with van der Waals surface area (Å²) >= 11 is 24.0. The van der Waals surface area contributed by atoms with Gasteiger partial charge >= 0.3 is 0 Å². The first-order valence-electron chi connectivity index (χ1n) is 32.7. The fourth-order valence-electron chi connectivity index (χ4n) is 11.1. The maximum absolute atomic E-state index is 9.56. The van der Waals surface area contributed by atoms with Crippen LogP contribution in [0.5, 0.6) is 0 Å². The minimum atomic E-state index is -0.155. The number of morpholine rings is 2. The predicted molar refractivity (Wildman–Crippen MR) is 376 cm³/mol. The molecule has 14 rings (SSSR count). The molecule has 94 heavy (non-hydrogen) atoms. The third kappa shape index (κ3) is 23.7. The number of aliphatic hydroxyl groups is 2. The molecule has 4 fully saturated rings. The van der Waals surface area contributed by atoms with E-state index in [1.165, 1.54) is 5.69 Å². The number of anilines is 4. The smallest absolute Gasteiger partial charge is 0.157 e. The quantitative estimate of drug-likeness (QED) is 0.0469. The second kappa shape index (κ2) is 36.8. The average Bonchev–Trinajstić information content (AvgIpc) is 1.37. The highest BCUT2D eigenvalue weighted by atomic mass is 35.5. The zero-order valence-electron chi connectivity index (χ0n) is 54.2. The molecule has 26 heteroatoms. The Kier molecular flexibility index (Phi) is 27.9. The molecule has 6 aliphatic rings. The van der Waals surface area contributed by atoms with Crippen molar-refractivity contribution in [3.05, 3.63) is 165 Å². The van der Waals surface area contributed by atoms with E-state index in [0.717, 1.165) is 194 Å². The van der Waals surface area contributed by atoms with Crippen molar-refractivity contribution in [2.24, 2.45) is 5.73 Å². The second-order valence-electron chi connectivity index (χ2n) is 24.1. The summed E-state index contributed by atoms with van der Waals surface area (Å²) in [5.74, 6) is 5.40. The molecular formula is C68H90Cl4N18O4. The summed E-state index contributed by atoms with van der Waals surface area (Å²) in [4.78, 5) is 20.4. The fourth-order valence-corrected chi connectivity index (χ4v) is 12.0. The minimum Gasteiger partial charge on any atom is -0.393 e. The van der Waals surface area contributed by atoms with Crippen LogP contribution in [0.25, 0.3) is 23.3 Å². The van der Waals surface area contributed by atoms with E-state index in [4.69, 9.17) is 71.7 Å². The Balaban J connectivity index is 0.000000139. The van der Waals surface area contributed by atoms with Crippen molar-refractivity contribution < 1.29 is 19.7 Å². The minimum absolute atomic E-state index is 0.0604. The lowest BCUT2D eigenvalue weighted by Gasteiger charge is -2.30. The molecule has 22 nitrogen and oxygen atoms in total. The molecule has 8 aromatic heterocycles. The third-order valence-corrected chi connectivity index (χ3v) is 17.0. The van der Waals surface area contributed by atoms with E-state index in [-0.39, 0.29) is 12.2 Å². The topological polar surface area (TPSA) is 259 Å². The molecule has 0 bridgehead atoms. The Hall–Kier alpha value is -6.96. The number of pyridine rings is 4. The average molecular weight is 1370 g/mol. The molecule has 0 radical (unpaired) electrons. The van der Waals surface area contributed by atoms with Crippen LogP contribution in [-0.2, 0) is 9.47 Å². The standard InChI is InChI=1S/C19H25N5O.C15H19ClN4O.C15H17ClN4.C9H7Cl2N3.C6H13NO.C4H9NO/c1-15-7-8-24(22-15)19-14-17(23-9-11-25-12-10-23)13-18(21-19)20-16-5-3-2-4-6-16;1-10-6-7-20(19-10)15-9-11(16)8-14(18-15)17-12-2-4-13(21)5-3-12;1-11-7-8-20(19-11)15-10-12(16)9-14(18-15)17-13-5-3-2-4-6-13;1-6-2-3-14(13-6)9-5-7(10)4-8(11)12-9;7-5-1-3-6(8)4-2-5;1-3-6-4-2-5-1/h2-3,7-8,13-14,16H,4-6,9-12H2,1H3,(H,20,21);6-9,12-13,21H,2-5H2,1H3,(H,17,18);2-3,7-10,13H,4-6H2,1H3,(H,17,18);2-5H,1H3;5-6,8H,1-4,7H2;5H,1-4H2. The van der Waals surface area contributed by atoms with Crippen molar-refractivity contribution in [3.63, 3.8) is 0 Å². The molecule has 2 atom stereocenters. The largest absolute Gasteiger partial charge is 0.393 e. The first-order valence-corrected chi connectivity index (χ1v) is 34.2. The zero-order chi connectivity index (χ0) is 66.2. The van der Waals surface area contributed by atoms with Crippen molar-refractivity contribution >= 4 is 69.5 Å². The maximum atomic E-state index is 9.56. The highest BCUT2D eigenvalue weighted by Gasteiger charge is 2.22. The maximum Gasteiger partial charge on any atom is 0.157 e. The van der Waals surface area contributed by atoms with Crippen LogP contribution in [0, 0.1) is 27.7 Å². The number of halogens is 4. The van der Waals surface area contributed by atoms with Gasteiger partial charge in [-0.15, -0.1) is 0 Å². The van der Waals surface area contributed by atoms with Gasteiger partial charge in [0.1, 0.15) is 22.6 Å². The molecule has 0 amide bonds. The number of ether oxygens (including phenoxy) is 2. The molecule has 2 aliphatic heterocycles. The highest BCUT2D eigenvalue weighted by Crippen LogP contribution is 2.28. The van der Waals surface area contributed by atoms with E-state index in [0.29, 0.717) is 56.0 Å². The van der Waals surface area contributed by atoms with E-state index < -0.39 is 0 Å². The molecule has 8 aromatic rings. The number of nitrogens with zero attached hydrogens (tertiary/aromatic N) is 13. The third-order valence-electron chi connectivity index (χ3n) is 16.2. The highest BCUT2D eigenvalue weighted by molar-refractivity contribution is 6.34. The molecule has 8 N–H and O–H groups in total. The number of nitrogens with one attached hydrogen (secondary N) is 4. The molecule has 0 aromatic carbocycles. The Morgan fingerprint density at radius 2 is 0.851 bits per heavy atom. The first-order chi connectivity index (χ1) is 45.5. The van der Waals surface area contributed by atoms with Crippen molar-refractivity contribution in [2.75, 3.05) is 73.5 Å². The SMILES string of the molecule is C1COCCN1.Cc1ccn(-c2cc(Cl)cc(Cl)n2)n1.Cc1ccn(-c2cc(Cl)cc(NC3CC=CCC3)n2)n1.Cc1ccn(-c2cc(Cl)cc(NC3CCC(O)CC3)n2)n1.Cc1ccn(-c2cc(N3CCOCC3)cc(NC3CC=CCC3)n2)n1.NC1CCC(O)CC1. The lowest BCUT2D eigenvalue weighted by Crippen LogP contribution is -2.36. The lowest BCUT2D eigenvalue weighted by atomic mass is 9.93. The summed E-state index contributed by atoms with van der Waals surface area (Å²) in [6.45, 7) is 15.0. The van der Waals surface area contributed by atoms with Gasteiger partial charge in [-0.1, -0.05) is 70.7 Å². The van der Waals surface area contributed by atoms with Crippen LogP contribution in [0.1, 0.15) is 113 Å². The van der Waals surface area contributed by atoms with E-state index in [1.54, 1.807) is 32.2 Å². The predicted octanol–water partition coefficient (Wildman–Crippen LogP) is 12.4. The van der Waals surface area contributed by atoms with Gasteiger partial charge in [0, 0.05) is 126 Å². The number of hydrogen-bond donors (Lipinski definition) is 7. The molecular weight excluding hydrogens is 1270 g/mol. The molecule has 504 valence electrons. The van der Waals surface area contributed by atoms with E-state index in [2.05, 4.69) is 98.0 Å². The fraction of sp³-hybridized carbons (Fsp3) is 0.471. The monoisotopic (exact) mass is 1360 g/mol. The first kappa shape index (κ1) is 71.3. The Morgan fingerprint density at radius 3 is 1.22 bits per heavy atom. The van der Waals surface area contributed by atoms with Crippen LogP contribution < -0.4 is 31.9 Å². The number of rotatable bonds is 11. The van der Waals surface area contributed by atoms with E-state index in [9.17, 15) is 5.11 Å². The lowest BCUT2D eigenvalue weighted by molar-refractivity contribution is 0.109. The van der Waals surface area contributed by atoms with Gasteiger partial charge in [0.2, 0.25) is 0 Å². The Labute approximate surface area is 571 Å². The number of aliphatic hydroxyl groups excluding tert-OH is 2. The van der Waals surface area contributed by atoms with E-state index in [1.807, 2.05) is 99.6 Å². The Bertz CT molecular complexity index is 3600. The van der Waals surface area contributed by atoms with Gasteiger partial charge in [-0.2, -0.15) is 20.4 Å². The zero-order valence-corrected chi connectivity index (χ0v) is 57.2. The number of allylic oxidation sites excluding steroid dienone is 2. The number of hydrogen-bond acceptors (Lipinski definition) is 18. The van der Waals surface area contributed by atoms with Gasteiger partial charge in [-0.05, 0) is 160 Å². The van der Waals surface area contributed by atoms with Gasteiger partial charge < -0.3 is 51.6 Å². The van der Waals surface area contributed by atoms with Gasteiger partial charge in [0.05, 0.1) is 61.4 Å². The van der Waals surface area contributed by atoms with Gasteiger partial charge in [0.15, 0.2) is 23.3 Å². The number of nitrogens with two attached hydrogens (primary N) is 1. The van der Waals surface area contributed by atoms with Gasteiger partial charge in [-0.25, -0.2) is 38.7 Å². The second-order valence-corrected chi connectivity index (χ2v) is 25.8. The summed E-state index contributed by atoms with van der Waals surface area (Å²) in [5.41, 5.74) is 10.6. The van der Waals surface area contributed by atoms with Crippen LogP contribution in [-0.4, -0.2) is 158 Å². The van der Waals surface area contributed by atoms with Crippen LogP contribution in [0.15, 0.2) is 122 Å². The summed E-state index contributed by atoms with van der Waals surface area (Å²) in [6, 6.07) is 24.2. The molecule has 2 saturated heterocycles.